The lowest BCUT2D eigenvalue weighted by atomic mass is 9.84. The Kier molecular flexibility index (Phi) is 4.27. The first kappa shape index (κ1) is 17.4. The highest BCUT2D eigenvalue weighted by Crippen LogP contribution is 2.40. The molecular weight excluding hydrogens is 370 g/mol. The third-order valence-corrected chi connectivity index (χ3v) is 5.56. The average Bonchev–Trinajstić information content (AvgIpc) is 3.21. The van der Waals surface area contributed by atoms with Crippen LogP contribution in [0.15, 0.2) is 24.3 Å². The molecule has 1 fully saturated rings. The number of carbonyl (C=O) groups excluding carboxylic acids is 3. The number of nitrogens with zero attached hydrogens (tertiary/aromatic N) is 3. The Hall–Kier alpha value is -3.01. The third-order valence-electron chi connectivity index (χ3n) is 4.57. The number of carbonyl (C=O) groups is 3. The number of aromatic nitrogens is 2. The van der Waals surface area contributed by atoms with Crippen LogP contribution in [0.4, 0.5) is 9.93 Å². The molecule has 2 N–H and O–H groups in total. The van der Waals surface area contributed by atoms with Crippen LogP contribution in [0.2, 0.25) is 0 Å². The largest absolute Gasteiger partial charge is 0.493 e. The molecule has 4 amide bonds. The lowest BCUT2D eigenvalue weighted by molar-refractivity contribution is -0.135. The van der Waals surface area contributed by atoms with E-state index < -0.39 is 29.9 Å². The van der Waals surface area contributed by atoms with E-state index in [1.165, 1.54) is 11.3 Å². The monoisotopic (exact) mass is 387 g/mol. The summed E-state index contributed by atoms with van der Waals surface area (Å²) >= 11 is 1.26. The Bertz CT molecular complexity index is 930. The minimum absolute atomic E-state index is 0.299. The molecule has 1 atom stereocenters. The zero-order valence-electron chi connectivity index (χ0n) is 14.5. The second kappa shape index (κ2) is 6.62. The topological polar surface area (TPSA) is 114 Å². The second-order valence-electron chi connectivity index (χ2n) is 6.22. The molecule has 0 bridgehead atoms. The molecule has 1 aromatic heterocycles. The van der Waals surface area contributed by atoms with Gasteiger partial charge in [0, 0.05) is 12.0 Å². The SMILES string of the molecule is CCc1nnc(NC(=O)CN2C(=O)NC3(CCOc4ccccc43)C2=O)s1. The van der Waals surface area contributed by atoms with Gasteiger partial charge in [-0.1, -0.05) is 36.5 Å². The van der Waals surface area contributed by atoms with Crippen molar-refractivity contribution >= 4 is 34.3 Å². The lowest BCUT2D eigenvalue weighted by Crippen LogP contribution is -2.48. The Balaban J connectivity index is 1.53. The zero-order valence-corrected chi connectivity index (χ0v) is 15.3. The number of imide groups is 1. The molecule has 4 rings (SSSR count). The van der Waals surface area contributed by atoms with Gasteiger partial charge in [-0.3, -0.25) is 19.8 Å². The van der Waals surface area contributed by atoms with Gasteiger partial charge in [0.25, 0.3) is 5.91 Å². The van der Waals surface area contributed by atoms with Crippen LogP contribution in [0.25, 0.3) is 0 Å². The van der Waals surface area contributed by atoms with Crippen molar-refractivity contribution in [2.24, 2.45) is 0 Å². The van der Waals surface area contributed by atoms with Crippen LogP contribution in [0.1, 0.15) is 23.9 Å². The van der Waals surface area contributed by atoms with Crippen LogP contribution in [-0.2, 0) is 21.5 Å². The maximum absolute atomic E-state index is 13.1. The van der Waals surface area contributed by atoms with E-state index in [0.717, 1.165) is 9.91 Å². The number of anilines is 1. The molecule has 1 spiro atoms. The van der Waals surface area contributed by atoms with Gasteiger partial charge in [0.1, 0.15) is 17.3 Å². The highest BCUT2D eigenvalue weighted by atomic mass is 32.1. The number of urea groups is 1. The molecule has 2 aromatic rings. The van der Waals surface area contributed by atoms with Gasteiger partial charge in [0.15, 0.2) is 5.54 Å². The van der Waals surface area contributed by atoms with E-state index in [4.69, 9.17) is 4.74 Å². The van der Waals surface area contributed by atoms with E-state index in [1.807, 2.05) is 6.92 Å². The van der Waals surface area contributed by atoms with Crippen molar-refractivity contribution in [3.8, 4) is 5.75 Å². The smallest absolute Gasteiger partial charge is 0.325 e. The Labute approximate surface area is 158 Å². The number of hydrogen-bond acceptors (Lipinski definition) is 7. The fraction of sp³-hybridized carbons (Fsp3) is 0.353. The van der Waals surface area contributed by atoms with E-state index in [9.17, 15) is 14.4 Å². The first-order chi connectivity index (χ1) is 13.0. The van der Waals surface area contributed by atoms with Crippen LogP contribution in [0.5, 0.6) is 5.75 Å². The highest BCUT2D eigenvalue weighted by molar-refractivity contribution is 7.15. The molecule has 10 heteroatoms. The lowest BCUT2D eigenvalue weighted by Gasteiger charge is -2.33. The number of nitrogens with one attached hydrogen (secondary N) is 2. The number of rotatable bonds is 4. The van der Waals surface area contributed by atoms with Gasteiger partial charge in [0.2, 0.25) is 11.0 Å². The molecule has 27 heavy (non-hydrogen) atoms. The van der Waals surface area contributed by atoms with Crippen LogP contribution < -0.4 is 15.4 Å². The normalized spacial score (nSPS) is 21.0. The molecule has 0 saturated carbocycles. The van der Waals surface area contributed by atoms with Gasteiger partial charge in [-0.05, 0) is 12.5 Å². The van der Waals surface area contributed by atoms with Gasteiger partial charge in [-0.25, -0.2) is 4.79 Å². The molecule has 2 aliphatic heterocycles. The molecule has 140 valence electrons. The zero-order chi connectivity index (χ0) is 19.0. The number of benzene rings is 1. The number of hydrogen-bond donors (Lipinski definition) is 2. The summed E-state index contributed by atoms with van der Waals surface area (Å²) in [5.74, 6) is -0.399. The van der Waals surface area contributed by atoms with Gasteiger partial charge in [-0.15, -0.1) is 10.2 Å². The minimum atomic E-state index is -1.19. The molecule has 1 aromatic carbocycles. The van der Waals surface area contributed by atoms with E-state index in [-0.39, 0.29) is 0 Å². The number of ether oxygens (including phenoxy) is 1. The van der Waals surface area contributed by atoms with Crippen molar-refractivity contribution in [1.82, 2.24) is 20.4 Å². The van der Waals surface area contributed by atoms with E-state index >= 15 is 0 Å². The maximum atomic E-state index is 13.1. The molecule has 9 nitrogen and oxygen atoms in total. The maximum Gasteiger partial charge on any atom is 0.325 e. The molecule has 2 aliphatic rings. The van der Waals surface area contributed by atoms with Crippen LogP contribution in [0.3, 0.4) is 0 Å². The van der Waals surface area contributed by atoms with Crippen molar-refractivity contribution < 1.29 is 19.1 Å². The second-order valence-corrected chi connectivity index (χ2v) is 7.29. The Morgan fingerprint density at radius 1 is 1.37 bits per heavy atom. The Morgan fingerprint density at radius 2 is 2.19 bits per heavy atom. The van der Waals surface area contributed by atoms with Crippen molar-refractivity contribution in [2.75, 3.05) is 18.5 Å². The fourth-order valence-corrected chi connectivity index (χ4v) is 3.96. The molecule has 1 saturated heterocycles. The number of fused-ring (bicyclic) bond motifs is 2. The summed E-state index contributed by atoms with van der Waals surface area (Å²) in [6.07, 6.45) is 1.02. The molecule has 3 heterocycles. The van der Waals surface area contributed by atoms with Crippen molar-refractivity contribution in [1.29, 1.82) is 0 Å². The van der Waals surface area contributed by atoms with Crippen molar-refractivity contribution in [2.45, 2.75) is 25.3 Å². The third kappa shape index (κ3) is 2.91. The average molecular weight is 387 g/mol. The first-order valence-corrected chi connectivity index (χ1v) is 9.34. The number of amides is 4. The predicted molar refractivity (Wildman–Crippen MR) is 96.4 cm³/mol. The van der Waals surface area contributed by atoms with Gasteiger partial charge < -0.3 is 10.1 Å². The molecule has 0 aliphatic carbocycles. The van der Waals surface area contributed by atoms with Crippen molar-refractivity contribution in [3.05, 3.63) is 34.8 Å². The molecule has 0 radical (unpaired) electrons. The van der Waals surface area contributed by atoms with Gasteiger partial charge in [0.05, 0.1) is 6.61 Å². The first-order valence-electron chi connectivity index (χ1n) is 8.52. The van der Waals surface area contributed by atoms with Gasteiger partial charge >= 0.3 is 6.03 Å². The summed E-state index contributed by atoms with van der Waals surface area (Å²) in [5, 5.41) is 14.3. The minimum Gasteiger partial charge on any atom is -0.493 e. The predicted octanol–water partition coefficient (Wildman–Crippen LogP) is 1.27. The summed E-state index contributed by atoms with van der Waals surface area (Å²) < 4.78 is 5.59. The van der Waals surface area contributed by atoms with Gasteiger partial charge in [-0.2, -0.15) is 0 Å². The number of aryl methyl sites for hydroxylation is 1. The molecular formula is C17H17N5O4S. The summed E-state index contributed by atoms with van der Waals surface area (Å²) in [6, 6.07) is 6.50. The van der Waals surface area contributed by atoms with Crippen LogP contribution >= 0.6 is 11.3 Å². The number of para-hydroxylation sites is 1. The molecule has 1 unspecified atom stereocenters. The summed E-state index contributed by atoms with van der Waals surface area (Å²) in [5.41, 5.74) is -0.584. The highest BCUT2D eigenvalue weighted by Gasteiger charge is 2.55. The van der Waals surface area contributed by atoms with E-state index in [0.29, 0.717) is 35.9 Å². The van der Waals surface area contributed by atoms with E-state index in [2.05, 4.69) is 20.8 Å². The summed E-state index contributed by atoms with van der Waals surface area (Å²) in [4.78, 5) is 38.8. The summed E-state index contributed by atoms with van der Waals surface area (Å²) in [7, 11) is 0. The van der Waals surface area contributed by atoms with Crippen LogP contribution in [0, 0.1) is 0 Å². The summed E-state index contributed by atoms with van der Waals surface area (Å²) in [6.45, 7) is 1.84. The van der Waals surface area contributed by atoms with Crippen LogP contribution in [-0.4, -0.2) is 46.1 Å². The van der Waals surface area contributed by atoms with E-state index in [1.54, 1.807) is 24.3 Å². The fourth-order valence-electron chi connectivity index (χ4n) is 3.26. The Morgan fingerprint density at radius 3 is 2.96 bits per heavy atom. The standard InChI is InChI=1S/C17H17N5O4S/c1-2-13-20-21-15(27-13)18-12(23)9-22-14(24)17(19-16(22)25)7-8-26-11-6-4-3-5-10(11)17/h3-6H,2,7-9H2,1H3,(H,19,25)(H,18,21,23). The van der Waals surface area contributed by atoms with Crippen molar-refractivity contribution in [3.63, 3.8) is 0 Å². The quantitative estimate of drug-likeness (QED) is 0.764.